The molecule has 0 aromatic rings. The van der Waals surface area contributed by atoms with Crippen molar-refractivity contribution in [2.75, 3.05) is 13.6 Å². The largest absolute Gasteiger partial charge is 0.303 e. The normalized spacial score (nSPS) is 58.0. The van der Waals surface area contributed by atoms with E-state index in [1.54, 1.807) is 6.42 Å². The molecule has 0 spiro atoms. The summed E-state index contributed by atoms with van der Waals surface area (Å²) < 4.78 is 0. The van der Waals surface area contributed by atoms with Crippen molar-refractivity contribution in [3.63, 3.8) is 0 Å². The first-order valence-corrected chi connectivity index (χ1v) is 5.47. The van der Waals surface area contributed by atoms with Crippen LogP contribution in [0.4, 0.5) is 0 Å². The average Bonchev–Trinajstić information content (AvgIpc) is 2.62. The Kier molecular flexibility index (Phi) is 1.39. The lowest BCUT2D eigenvalue weighted by Crippen LogP contribution is -2.36. The second-order valence-electron chi connectivity index (χ2n) is 5.30. The van der Waals surface area contributed by atoms with Gasteiger partial charge in [-0.1, -0.05) is 6.92 Å². The van der Waals surface area contributed by atoms with E-state index in [-0.39, 0.29) is 0 Å². The molecule has 1 aliphatic heterocycles. The molecule has 1 heteroatoms. The zero-order valence-electron chi connectivity index (χ0n) is 8.16. The lowest BCUT2D eigenvalue weighted by Gasteiger charge is -2.32. The van der Waals surface area contributed by atoms with E-state index in [0.29, 0.717) is 0 Å². The SMILES string of the molecule is CC1CC2CC1C1CCN(C)C21. The van der Waals surface area contributed by atoms with Crippen LogP contribution in [0.15, 0.2) is 0 Å². The fourth-order valence-corrected chi connectivity index (χ4v) is 4.38. The number of hydrogen-bond donors (Lipinski definition) is 0. The molecule has 0 amide bonds. The van der Waals surface area contributed by atoms with Gasteiger partial charge in [0.2, 0.25) is 0 Å². The van der Waals surface area contributed by atoms with Gasteiger partial charge in [-0.3, -0.25) is 0 Å². The van der Waals surface area contributed by atoms with Crippen LogP contribution in [0.5, 0.6) is 0 Å². The minimum atomic E-state index is 0.992. The van der Waals surface area contributed by atoms with Gasteiger partial charge < -0.3 is 4.90 Å². The highest BCUT2D eigenvalue weighted by Gasteiger charge is 2.54. The highest BCUT2D eigenvalue weighted by Crippen LogP contribution is 2.56. The molecule has 68 valence electrons. The van der Waals surface area contributed by atoms with Crippen molar-refractivity contribution in [1.29, 1.82) is 0 Å². The summed E-state index contributed by atoms with van der Waals surface area (Å²) in [5.74, 6) is 4.30. The lowest BCUT2D eigenvalue weighted by molar-refractivity contribution is 0.168. The van der Waals surface area contributed by atoms with Crippen molar-refractivity contribution >= 4 is 0 Å². The molecule has 2 bridgehead atoms. The first-order chi connectivity index (χ1) is 5.77. The Morgan fingerprint density at radius 1 is 1.17 bits per heavy atom. The summed E-state index contributed by atoms with van der Waals surface area (Å²) in [4.78, 5) is 2.63. The Morgan fingerprint density at radius 3 is 2.83 bits per heavy atom. The fraction of sp³-hybridized carbons (Fsp3) is 1.00. The smallest absolute Gasteiger partial charge is 0.0152 e. The maximum atomic E-state index is 2.63. The van der Waals surface area contributed by atoms with Crippen molar-refractivity contribution in [1.82, 2.24) is 4.90 Å². The van der Waals surface area contributed by atoms with Crippen LogP contribution in [-0.2, 0) is 0 Å². The average molecular weight is 165 g/mol. The maximum absolute atomic E-state index is 2.63. The predicted molar refractivity (Wildman–Crippen MR) is 49.9 cm³/mol. The Hall–Kier alpha value is -0.0400. The first-order valence-electron chi connectivity index (χ1n) is 5.47. The Morgan fingerprint density at radius 2 is 2.00 bits per heavy atom. The van der Waals surface area contributed by atoms with Crippen LogP contribution in [-0.4, -0.2) is 24.5 Å². The van der Waals surface area contributed by atoms with Crippen LogP contribution in [0.2, 0.25) is 0 Å². The summed E-state index contributed by atoms with van der Waals surface area (Å²) in [5, 5.41) is 0. The minimum Gasteiger partial charge on any atom is -0.303 e. The van der Waals surface area contributed by atoms with Crippen LogP contribution in [0.3, 0.4) is 0 Å². The highest BCUT2D eigenvalue weighted by atomic mass is 15.2. The van der Waals surface area contributed by atoms with Gasteiger partial charge in [0, 0.05) is 6.04 Å². The molecule has 0 aromatic heterocycles. The molecule has 1 saturated heterocycles. The maximum Gasteiger partial charge on any atom is 0.0152 e. The summed E-state index contributed by atoms with van der Waals surface area (Å²) in [7, 11) is 2.33. The highest BCUT2D eigenvalue weighted by molar-refractivity contribution is 5.06. The van der Waals surface area contributed by atoms with Crippen molar-refractivity contribution in [2.24, 2.45) is 23.7 Å². The Labute approximate surface area is 75.1 Å². The molecule has 12 heavy (non-hydrogen) atoms. The van der Waals surface area contributed by atoms with E-state index in [1.165, 1.54) is 19.4 Å². The quantitative estimate of drug-likeness (QED) is 0.530. The molecule has 0 aromatic carbocycles. The van der Waals surface area contributed by atoms with Crippen LogP contribution >= 0.6 is 0 Å². The number of fused-ring (bicyclic) bond motifs is 5. The van der Waals surface area contributed by atoms with E-state index in [0.717, 1.165) is 29.7 Å². The first kappa shape index (κ1) is 7.37. The van der Waals surface area contributed by atoms with Gasteiger partial charge in [-0.15, -0.1) is 0 Å². The fourth-order valence-electron chi connectivity index (χ4n) is 4.38. The Balaban J connectivity index is 1.89. The minimum absolute atomic E-state index is 0.992. The van der Waals surface area contributed by atoms with Gasteiger partial charge in [0.05, 0.1) is 0 Å². The molecular formula is C11H19N. The summed E-state index contributed by atoms with van der Waals surface area (Å²) in [5.41, 5.74) is 0. The van der Waals surface area contributed by atoms with Crippen molar-refractivity contribution in [3.8, 4) is 0 Å². The monoisotopic (exact) mass is 165 g/mol. The lowest BCUT2D eigenvalue weighted by atomic mass is 9.79. The van der Waals surface area contributed by atoms with Gasteiger partial charge >= 0.3 is 0 Å². The molecule has 0 radical (unpaired) electrons. The van der Waals surface area contributed by atoms with Crippen LogP contribution < -0.4 is 0 Å². The van der Waals surface area contributed by atoms with E-state index in [4.69, 9.17) is 0 Å². The van der Waals surface area contributed by atoms with Crippen molar-refractivity contribution in [3.05, 3.63) is 0 Å². The van der Waals surface area contributed by atoms with Gasteiger partial charge in [0.25, 0.3) is 0 Å². The number of rotatable bonds is 0. The molecule has 0 N–H and O–H groups in total. The van der Waals surface area contributed by atoms with Crippen molar-refractivity contribution < 1.29 is 0 Å². The third-order valence-electron chi connectivity index (χ3n) is 4.78. The number of nitrogens with zero attached hydrogens (tertiary/aromatic N) is 1. The molecule has 1 nitrogen and oxygen atoms in total. The third-order valence-corrected chi connectivity index (χ3v) is 4.78. The summed E-state index contributed by atoms with van der Waals surface area (Å²) >= 11 is 0. The van der Waals surface area contributed by atoms with Crippen LogP contribution in [0, 0.1) is 23.7 Å². The zero-order valence-corrected chi connectivity index (χ0v) is 8.16. The topological polar surface area (TPSA) is 3.24 Å². The molecule has 3 rings (SSSR count). The van der Waals surface area contributed by atoms with Gasteiger partial charge in [-0.25, -0.2) is 0 Å². The molecular weight excluding hydrogens is 146 g/mol. The zero-order chi connectivity index (χ0) is 8.29. The van der Waals surface area contributed by atoms with Crippen molar-refractivity contribution in [2.45, 2.75) is 32.2 Å². The van der Waals surface area contributed by atoms with Gasteiger partial charge in [0.1, 0.15) is 0 Å². The van der Waals surface area contributed by atoms with Gasteiger partial charge in [0.15, 0.2) is 0 Å². The second kappa shape index (κ2) is 2.25. The van der Waals surface area contributed by atoms with E-state index in [9.17, 15) is 0 Å². The number of hydrogen-bond acceptors (Lipinski definition) is 1. The third kappa shape index (κ3) is 0.736. The van der Waals surface area contributed by atoms with E-state index < -0.39 is 0 Å². The molecule has 5 unspecified atom stereocenters. The second-order valence-corrected chi connectivity index (χ2v) is 5.30. The predicted octanol–water partition coefficient (Wildman–Crippen LogP) is 1.98. The van der Waals surface area contributed by atoms with Gasteiger partial charge in [-0.2, -0.15) is 0 Å². The summed E-state index contributed by atoms with van der Waals surface area (Å²) in [6.45, 7) is 3.84. The summed E-state index contributed by atoms with van der Waals surface area (Å²) in [6, 6.07) is 0.992. The summed E-state index contributed by atoms with van der Waals surface area (Å²) in [6.07, 6.45) is 4.57. The van der Waals surface area contributed by atoms with E-state index >= 15 is 0 Å². The molecule has 2 saturated carbocycles. The van der Waals surface area contributed by atoms with Gasteiger partial charge in [-0.05, 0) is 56.5 Å². The standard InChI is InChI=1S/C11H19N/c1-7-5-8-6-10(7)9-3-4-12(2)11(8)9/h7-11H,3-6H2,1-2H3. The molecule has 3 fully saturated rings. The van der Waals surface area contributed by atoms with E-state index in [1.807, 2.05) is 0 Å². The molecule has 3 aliphatic rings. The van der Waals surface area contributed by atoms with Crippen LogP contribution in [0.25, 0.3) is 0 Å². The molecule has 5 atom stereocenters. The molecule has 2 aliphatic carbocycles. The van der Waals surface area contributed by atoms with E-state index in [2.05, 4.69) is 18.9 Å². The Bertz CT molecular complexity index is 201. The van der Waals surface area contributed by atoms with Crippen LogP contribution in [0.1, 0.15) is 26.2 Å². The molecule has 1 heterocycles. The number of likely N-dealkylation sites (tertiary alicyclic amines) is 1.